The Morgan fingerprint density at radius 2 is 2.30 bits per heavy atom. The number of hydrogen-bond donors (Lipinski definition) is 2. The van der Waals surface area contributed by atoms with Crippen LogP contribution in [-0.4, -0.2) is 43.5 Å². The summed E-state index contributed by atoms with van der Waals surface area (Å²) >= 11 is 0. The Morgan fingerprint density at radius 3 is 2.90 bits per heavy atom. The van der Waals surface area contributed by atoms with E-state index in [0.717, 1.165) is 0 Å². The molecule has 0 spiro atoms. The second-order valence-electron chi connectivity index (χ2n) is 4.80. The minimum Gasteiger partial charge on any atom is -0.478 e. The third kappa shape index (κ3) is 3.83. The molecule has 110 valence electrons. The normalized spacial score (nSPS) is 20.6. The van der Waals surface area contributed by atoms with Crippen LogP contribution in [0.5, 0.6) is 5.75 Å². The third-order valence-electron chi connectivity index (χ3n) is 2.98. The first-order valence-electron chi connectivity index (χ1n) is 6.18. The van der Waals surface area contributed by atoms with Crippen LogP contribution in [0.25, 0.3) is 0 Å². The average molecular weight is 300 g/mol. The lowest BCUT2D eigenvalue weighted by atomic mass is 10.2. The van der Waals surface area contributed by atoms with Crippen LogP contribution >= 0.6 is 0 Å². The minimum absolute atomic E-state index is 0.0378. The standard InChI is InChI=1S/C12H16N2O5S/c1-8-4-10(15)11(5-13-8)19-6-12(16)14-9-2-3-20(17,18)7-9/h4-5,9H,2-3,6-7H2,1H3,(H,13,15)(H,14,16)/t9-/m0/s1. The number of aryl methyl sites for hydroxylation is 1. The second kappa shape index (κ2) is 5.66. The highest BCUT2D eigenvalue weighted by Gasteiger charge is 2.28. The summed E-state index contributed by atoms with van der Waals surface area (Å²) in [4.78, 5) is 26.0. The molecule has 2 heterocycles. The van der Waals surface area contributed by atoms with Crippen LogP contribution in [0.2, 0.25) is 0 Å². The van der Waals surface area contributed by atoms with Crippen molar-refractivity contribution in [1.82, 2.24) is 10.3 Å². The van der Waals surface area contributed by atoms with Crippen molar-refractivity contribution in [3.05, 3.63) is 28.2 Å². The Balaban J connectivity index is 1.85. The van der Waals surface area contributed by atoms with Crippen LogP contribution in [-0.2, 0) is 14.6 Å². The van der Waals surface area contributed by atoms with Crippen molar-refractivity contribution in [2.24, 2.45) is 0 Å². The van der Waals surface area contributed by atoms with Gasteiger partial charge in [-0.2, -0.15) is 0 Å². The van der Waals surface area contributed by atoms with Gasteiger partial charge in [0.25, 0.3) is 5.91 Å². The number of amides is 1. The zero-order valence-corrected chi connectivity index (χ0v) is 11.8. The maximum absolute atomic E-state index is 11.6. The van der Waals surface area contributed by atoms with Gasteiger partial charge in [0.1, 0.15) is 0 Å². The van der Waals surface area contributed by atoms with Crippen LogP contribution in [0.15, 0.2) is 17.1 Å². The number of hydrogen-bond acceptors (Lipinski definition) is 5. The van der Waals surface area contributed by atoms with Gasteiger partial charge in [-0.15, -0.1) is 0 Å². The fourth-order valence-electron chi connectivity index (χ4n) is 1.99. The van der Waals surface area contributed by atoms with Crippen molar-refractivity contribution in [1.29, 1.82) is 0 Å². The zero-order chi connectivity index (χ0) is 14.8. The van der Waals surface area contributed by atoms with Crippen LogP contribution < -0.4 is 15.5 Å². The van der Waals surface area contributed by atoms with Crippen molar-refractivity contribution in [3.8, 4) is 5.75 Å². The fourth-order valence-corrected chi connectivity index (χ4v) is 3.67. The summed E-state index contributed by atoms with van der Waals surface area (Å²) in [6.45, 7) is 1.42. The first-order valence-corrected chi connectivity index (χ1v) is 8.00. The maximum Gasteiger partial charge on any atom is 0.258 e. The third-order valence-corrected chi connectivity index (χ3v) is 4.75. The van der Waals surface area contributed by atoms with Crippen LogP contribution in [0.3, 0.4) is 0 Å². The van der Waals surface area contributed by atoms with E-state index in [-0.39, 0.29) is 35.3 Å². The summed E-state index contributed by atoms with van der Waals surface area (Å²) in [6.07, 6.45) is 1.81. The summed E-state index contributed by atoms with van der Waals surface area (Å²) < 4.78 is 27.6. The molecule has 1 aliphatic heterocycles. The van der Waals surface area contributed by atoms with E-state index in [9.17, 15) is 18.0 Å². The molecule has 1 aromatic rings. The summed E-state index contributed by atoms with van der Waals surface area (Å²) in [5.74, 6) is -0.322. The maximum atomic E-state index is 11.6. The van der Waals surface area contributed by atoms with E-state index in [2.05, 4.69) is 10.3 Å². The van der Waals surface area contributed by atoms with Gasteiger partial charge in [0, 0.05) is 24.0 Å². The van der Waals surface area contributed by atoms with Crippen molar-refractivity contribution < 1.29 is 17.9 Å². The number of carbonyl (C=O) groups excluding carboxylic acids is 1. The van der Waals surface area contributed by atoms with Crippen molar-refractivity contribution in [2.75, 3.05) is 18.1 Å². The van der Waals surface area contributed by atoms with Gasteiger partial charge in [-0.1, -0.05) is 0 Å². The molecule has 1 atom stereocenters. The molecule has 1 fully saturated rings. The van der Waals surface area contributed by atoms with Crippen LogP contribution in [0.4, 0.5) is 0 Å². The predicted octanol–water partition coefficient (Wildman–Crippen LogP) is -0.635. The first-order chi connectivity index (χ1) is 9.35. The van der Waals surface area contributed by atoms with E-state index < -0.39 is 15.7 Å². The minimum atomic E-state index is -3.03. The zero-order valence-electron chi connectivity index (χ0n) is 11.0. The molecule has 2 rings (SSSR count). The lowest BCUT2D eigenvalue weighted by Crippen LogP contribution is -2.38. The Kier molecular flexibility index (Phi) is 4.12. The highest BCUT2D eigenvalue weighted by molar-refractivity contribution is 7.91. The molecule has 2 N–H and O–H groups in total. The SMILES string of the molecule is Cc1cc(=O)c(OCC(=O)N[C@H]2CCS(=O)(=O)C2)c[nH]1. The monoisotopic (exact) mass is 300 g/mol. The molecule has 20 heavy (non-hydrogen) atoms. The van der Waals surface area contributed by atoms with Gasteiger partial charge in [0.15, 0.2) is 22.2 Å². The van der Waals surface area contributed by atoms with Crippen molar-refractivity contribution in [2.45, 2.75) is 19.4 Å². The number of carbonyl (C=O) groups is 1. The van der Waals surface area contributed by atoms with Gasteiger partial charge in [0.05, 0.1) is 11.5 Å². The summed E-state index contributed by atoms with van der Waals surface area (Å²) in [5.41, 5.74) is 0.389. The molecule has 0 saturated carbocycles. The number of sulfone groups is 1. The Bertz CT molecular complexity index is 665. The molecule has 0 aliphatic carbocycles. The highest BCUT2D eigenvalue weighted by atomic mass is 32.2. The molecular weight excluding hydrogens is 284 g/mol. The Morgan fingerprint density at radius 1 is 1.55 bits per heavy atom. The molecule has 1 aliphatic rings. The predicted molar refractivity (Wildman–Crippen MR) is 72.5 cm³/mol. The van der Waals surface area contributed by atoms with Gasteiger partial charge < -0.3 is 15.0 Å². The van der Waals surface area contributed by atoms with Crippen LogP contribution in [0, 0.1) is 6.92 Å². The largest absolute Gasteiger partial charge is 0.478 e. The Labute approximate surface area is 116 Å². The van der Waals surface area contributed by atoms with E-state index in [1.165, 1.54) is 12.3 Å². The van der Waals surface area contributed by atoms with E-state index >= 15 is 0 Å². The van der Waals surface area contributed by atoms with Crippen molar-refractivity contribution in [3.63, 3.8) is 0 Å². The Hall–Kier alpha value is -1.83. The molecular formula is C12H16N2O5S. The van der Waals surface area contributed by atoms with Gasteiger partial charge in [0.2, 0.25) is 5.43 Å². The number of rotatable bonds is 4. The van der Waals surface area contributed by atoms with Gasteiger partial charge in [-0.3, -0.25) is 9.59 Å². The van der Waals surface area contributed by atoms with E-state index in [4.69, 9.17) is 4.74 Å². The number of ether oxygens (including phenoxy) is 1. The first kappa shape index (κ1) is 14.6. The van der Waals surface area contributed by atoms with E-state index in [0.29, 0.717) is 12.1 Å². The molecule has 1 amide bonds. The number of aromatic amines is 1. The van der Waals surface area contributed by atoms with Crippen LogP contribution in [0.1, 0.15) is 12.1 Å². The average Bonchev–Trinajstić information content (AvgIpc) is 2.67. The molecule has 0 aromatic carbocycles. The molecule has 0 bridgehead atoms. The quantitative estimate of drug-likeness (QED) is 0.770. The number of H-pyrrole nitrogens is 1. The molecule has 1 aromatic heterocycles. The van der Waals surface area contributed by atoms with Gasteiger partial charge in [-0.05, 0) is 13.3 Å². The summed E-state index contributed by atoms with van der Waals surface area (Å²) in [7, 11) is -3.03. The topological polar surface area (TPSA) is 105 Å². The summed E-state index contributed by atoms with van der Waals surface area (Å²) in [5, 5.41) is 2.58. The fraction of sp³-hybridized carbons (Fsp3) is 0.500. The summed E-state index contributed by atoms with van der Waals surface area (Å²) in [6, 6.07) is 1.00. The number of aromatic nitrogens is 1. The molecule has 7 nitrogen and oxygen atoms in total. The van der Waals surface area contributed by atoms with E-state index in [1.54, 1.807) is 6.92 Å². The second-order valence-corrected chi connectivity index (χ2v) is 7.03. The molecule has 0 radical (unpaired) electrons. The lowest BCUT2D eigenvalue weighted by Gasteiger charge is -2.11. The number of nitrogens with one attached hydrogen (secondary N) is 2. The lowest BCUT2D eigenvalue weighted by molar-refractivity contribution is -0.123. The number of pyridine rings is 1. The smallest absolute Gasteiger partial charge is 0.258 e. The molecule has 0 unspecified atom stereocenters. The van der Waals surface area contributed by atoms with Gasteiger partial charge >= 0.3 is 0 Å². The highest BCUT2D eigenvalue weighted by Crippen LogP contribution is 2.11. The van der Waals surface area contributed by atoms with Gasteiger partial charge in [-0.25, -0.2) is 8.42 Å². The van der Waals surface area contributed by atoms with Crippen molar-refractivity contribution >= 4 is 15.7 Å². The molecule has 1 saturated heterocycles. The molecule has 8 heteroatoms. The van der Waals surface area contributed by atoms with E-state index in [1.807, 2.05) is 0 Å².